The molecule has 0 saturated heterocycles. The number of aromatic nitrogens is 1. The van der Waals surface area contributed by atoms with Crippen LogP contribution in [-0.2, 0) is 5.41 Å². The van der Waals surface area contributed by atoms with Crippen molar-refractivity contribution in [3.8, 4) is 16.8 Å². The van der Waals surface area contributed by atoms with Crippen molar-refractivity contribution in [3.63, 3.8) is 0 Å². The number of rotatable bonds is 0. The minimum Gasteiger partial charge on any atom is -0.399 e. The number of para-hydroxylation sites is 3. The second-order valence-corrected chi connectivity index (χ2v) is 9.17. The Bertz CT molecular complexity index is 1790. The normalized spacial score (nSPS) is 17.3. The predicted molar refractivity (Wildman–Crippen MR) is 136 cm³/mol. The van der Waals surface area contributed by atoms with Crippen LogP contribution in [0, 0.1) is 0 Å². The summed E-state index contributed by atoms with van der Waals surface area (Å²) in [6, 6.07) is 39.8. The second kappa shape index (κ2) is 5.73. The van der Waals surface area contributed by atoms with E-state index < -0.39 is 5.41 Å². The van der Waals surface area contributed by atoms with Crippen LogP contribution in [0.2, 0.25) is 0 Å². The molecule has 1 aliphatic carbocycles. The molecule has 1 aliphatic heterocycles. The van der Waals surface area contributed by atoms with E-state index >= 15 is 0 Å². The third kappa shape index (κ3) is 1.84. The molecular formula is C31H20N2. The van der Waals surface area contributed by atoms with E-state index in [0.717, 1.165) is 5.69 Å². The molecule has 2 heterocycles. The van der Waals surface area contributed by atoms with Crippen LogP contribution in [0.15, 0.2) is 109 Å². The molecule has 33 heavy (non-hydrogen) atoms. The highest BCUT2D eigenvalue weighted by atomic mass is 15.0. The van der Waals surface area contributed by atoms with Crippen molar-refractivity contribution in [2.75, 3.05) is 5.73 Å². The first-order chi connectivity index (χ1) is 16.3. The van der Waals surface area contributed by atoms with E-state index in [4.69, 9.17) is 5.73 Å². The van der Waals surface area contributed by atoms with E-state index in [1.54, 1.807) is 0 Å². The highest BCUT2D eigenvalue weighted by Crippen LogP contribution is 2.61. The SMILES string of the molecule is Nc1ccc2c(c1)C1(c3ccccc3-2)c2ccccc2-n2c3ccccc3c3cccc1c32. The minimum atomic E-state index is -0.401. The molecule has 2 N–H and O–H groups in total. The molecule has 2 nitrogen and oxygen atoms in total. The maximum atomic E-state index is 6.42. The van der Waals surface area contributed by atoms with E-state index in [-0.39, 0.29) is 0 Å². The molecule has 1 atom stereocenters. The monoisotopic (exact) mass is 420 g/mol. The van der Waals surface area contributed by atoms with Crippen molar-refractivity contribution in [2.24, 2.45) is 0 Å². The van der Waals surface area contributed by atoms with Crippen LogP contribution in [0.25, 0.3) is 38.6 Å². The van der Waals surface area contributed by atoms with E-state index in [1.165, 1.54) is 60.9 Å². The van der Waals surface area contributed by atoms with Crippen molar-refractivity contribution in [2.45, 2.75) is 5.41 Å². The van der Waals surface area contributed by atoms with Crippen LogP contribution in [-0.4, -0.2) is 4.57 Å². The lowest BCUT2D eigenvalue weighted by molar-refractivity contribution is 0.749. The fourth-order valence-corrected chi connectivity index (χ4v) is 6.58. The lowest BCUT2D eigenvalue weighted by Gasteiger charge is -2.39. The van der Waals surface area contributed by atoms with Crippen molar-refractivity contribution in [1.82, 2.24) is 4.57 Å². The Balaban J connectivity index is 1.70. The zero-order valence-electron chi connectivity index (χ0n) is 17.9. The fraction of sp³-hybridized carbons (Fsp3) is 0.0323. The Morgan fingerprint density at radius 3 is 2.18 bits per heavy atom. The number of nitrogens with two attached hydrogens (primary N) is 1. The summed E-state index contributed by atoms with van der Waals surface area (Å²) in [4.78, 5) is 0. The van der Waals surface area contributed by atoms with Gasteiger partial charge in [0, 0.05) is 16.5 Å². The fourth-order valence-electron chi connectivity index (χ4n) is 6.58. The first kappa shape index (κ1) is 17.3. The molecule has 0 radical (unpaired) electrons. The molecule has 2 aliphatic rings. The highest BCUT2D eigenvalue weighted by molar-refractivity contribution is 6.12. The van der Waals surface area contributed by atoms with Crippen LogP contribution >= 0.6 is 0 Å². The van der Waals surface area contributed by atoms with Gasteiger partial charge in [0.1, 0.15) is 0 Å². The van der Waals surface area contributed by atoms with Gasteiger partial charge in [-0.3, -0.25) is 0 Å². The van der Waals surface area contributed by atoms with Crippen LogP contribution in [0.5, 0.6) is 0 Å². The predicted octanol–water partition coefficient (Wildman–Crippen LogP) is 7.04. The van der Waals surface area contributed by atoms with Gasteiger partial charge in [0.15, 0.2) is 0 Å². The summed E-state index contributed by atoms with van der Waals surface area (Å²) in [7, 11) is 0. The molecule has 1 unspecified atom stereocenters. The third-order valence-corrected chi connectivity index (χ3v) is 7.72. The standard InChI is InChI=1S/C31H20N2/c32-19-16-17-21-20-8-1-3-11-24(20)31(27(21)18-19)25-12-4-6-15-29(25)33-28-14-5-2-9-22(28)23-10-7-13-26(31)30(23)33/h1-18H,32H2. The van der Waals surface area contributed by atoms with Crippen molar-refractivity contribution < 1.29 is 0 Å². The summed E-state index contributed by atoms with van der Waals surface area (Å²) in [6.45, 7) is 0. The minimum absolute atomic E-state index is 0.401. The van der Waals surface area contributed by atoms with Gasteiger partial charge in [0.25, 0.3) is 0 Å². The van der Waals surface area contributed by atoms with Crippen molar-refractivity contribution in [3.05, 3.63) is 131 Å². The number of hydrogen-bond donors (Lipinski definition) is 1. The van der Waals surface area contributed by atoms with E-state index in [2.05, 4.69) is 108 Å². The number of nitrogens with zero attached hydrogens (tertiary/aromatic N) is 1. The average Bonchev–Trinajstić information content (AvgIpc) is 3.35. The Hall–Kier alpha value is -4.30. The molecule has 0 fully saturated rings. The third-order valence-electron chi connectivity index (χ3n) is 7.72. The number of hydrogen-bond acceptors (Lipinski definition) is 1. The molecule has 5 aromatic carbocycles. The molecule has 6 aromatic rings. The van der Waals surface area contributed by atoms with Crippen molar-refractivity contribution >= 4 is 27.5 Å². The van der Waals surface area contributed by atoms with Crippen LogP contribution in [0.4, 0.5) is 5.69 Å². The number of fused-ring (bicyclic) bond motifs is 12. The summed E-state index contributed by atoms with van der Waals surface area (Å²) in [5.74, 6) is 0. The van der Waals surface area contributed by atoms with Gasteiger partial charge in [0.2, 0.25) is 0 Å². The van der Waals surface area contributed by atoms with Gasteiger partial charge in [-0.1, -0.05) is 84.9 Å². The zero-order chi connectivity index (χ0) is 21.7. The van der Waals surface area contributed by atoms with Gasteiger partial charge < -0.3 is 10.3 Å². The van der Waals surface area contributed by atoms with Gasteiger partial charge in [-0.15, -0.1) is 0 Å². The molecular weight excluding hydrogens is 400 g/mol. The van der Waals surface area contributed by atoms with Gasteiger partial charge >= 0.3 is 0 Å². The summed E-state index contributed by atoms with van der Waals surface area (Å²) in [5, 5.41) is 2.59. The molecule has 0 saturated carbocycles. The topological polar surface area (TPSA) is 30.9 Å². The van der Waals surface area contributed by atoms with Crippen LogP contribution < -0.4 is 5.73 Å². The zero-order valence-corrected chi connectivity index (χ0v) is 17.9. The van der Waals surface area contributed by atoms with E-state index in [1.807, 2.05) is 6.07 Å². The van der Waals surface area contributed by atoms with Gasteiger partial charge in [-0.2, -0.15) is 0 Å². The molecule has 8 rings (SSSR count). The highest BCUT2D eigenvalue weighted by Gasteiger charge is 2.50. The Morgan fingerprint density at radius 2 is 1.24 bits per heavy atom. The second-order valence-electron chi connectivity index (χ2n) is 9.17. The lowest BCUT2D eigenvalue weighted by Crippen LogP contribution is -2.33. The van der Waals surface area contributed by atoms with Crippen LogP contribution in [0.3, 0.4) is 0 Å². The Kier molecular flexibility index (Phi) is 3.00. The average molecular weight is 421 g/mol. The largest absolute Gasteiger partial charge is 0.399 e. The van der Waals surface area contributed by atoms with Gasteiger partial charge in [0.05, 0.1) is 22.1 Å². The summed E-state index contributed by atoms with van der Waals surface area (Å²) in [5.41, 5.74) is 18.4. The first-order valence-electron chi connectivity index (χ1n) is 11.4. The molecule has 154 valence electrons. The van der Waals surface area contributed by atoms with Crippen molar-refractivity contribution in [1.29, 1.82) is 0 Å². The van der Waals surface area contributed by atoms with E-state index in [0.29, 0.717) is 0 Å². The molecule has 1 aromatic heterocycles. The smallest absolute Gasteiger partial charge is 0.0755 e. The summed E-state index contributed by atoms with van der Waals surface area (Å²) < 4.78 is 2.47. The van der Waals surface area contributed by atoms with Crippen LogP contribution in [0.1, 0.15) is 22.3 Å². The summed E-state index contributed by atoms with van der Waals surface area (Å²) >= 11 is 0. The van der Waals surface area contributed by atoms with Gasteiger partial charge in [-0.25, -0.2) is 0 Å². The van der Waals surface area contributed by atoms with E-state index in [9.17, 15) is 0 Å². The molecule has 2 heteroatoms. The molecule has 0 bridgehead atoms. The maximum absolute atomic E-state index is 6.42. The Morgan fingerprint density at radius 1 is 0.545 bits per heavy atom. The Labute approximate surface area is 191 Å². The quantitative estimate of drug-likeness (QED) is 0.262. The number of anilines is 1. The first-order valence-corrected chi connectivity index (χ1v) is 11.4. The van der Waals surface area contributed by atoms with Gasteiger partial charge in [-0.05, 0) is 57.6 Å². The summed E-state index contributed by atoms with van der Waals surface area (Å²) in [6.07, 6.45) is 0. The molecule has 0 amide bonds. The lowest BCUT2D eigenvalue weighted by atomic mass is 9.65. The maximum Gasteiger partial charge on any atom is 0.0755 e. The molecule has 1 spiro atoms. The number of benzene rings is 5. The number of nitrogen functional groups attached to an aromatic ring is 1.